The van der Waals surface area contributed by atoms with Crippen molar-refractivity contribution in [2.24, 2.45) is 5.14 Å². The molecule has 0 saturated carbocycles. The number of thioether (sulfide) groups is 1. The summed E-state index contributed by atoms with van der Waals surface area (Å²) in [6.45, 7) is 4.56. The number of hydrogen-bond donors (Lipinski definition) is 3. The largest absolute Gasteiger partial charge is 0.379 e. The number of nitrogens with one attached hydrogen (secondary N) is 1. The first-order chi connectivity index (χ1) is 15.7. The summed E-state index contributed by atoms with van der Waals surface area (Å²) >= 11 is 4.46. The molecule has 1 aliphatic rings. The number of ether oxygens (including phenoxy) is 1. The lowest BCUT2D eigenvalue weighted by atomic mass is 9.98. The maximum atomic E-state index is 6.19. The van der Waals surface area contributed by atoms with Crippen molar-refractivity contribution in [2.75, 3.05) is 44.3 Å². The van der Waals surface area contributed by atoms with Crippen LogP contribution in [-0.4, -0.2) is 69.1 Å². The van der Waals surface area contributed by atoms with Crippen LogP contribution in [0.4, 0.5) is 5.13 Å². The number of anilines is 1. The Balaban J connectivity index is 1.54. The van der Waals surface area contributed by atoms with Crippen LogP contribution >= 0.6 is 35.0 Å². The van der Waals surface area contributed by atoms with Gasteiger partial charge in [-0.25, -0.2) is 4.98 Å². The Morgan fingerprint density at radius 2 is 2.03 bits per heavy atom. The van der Waals surface area contributed by atoms with E-state index in [2.05, 4.69) is 42.6 Å². The van der Waals surface area contributed by atoms with Crippen LogP contribution in [0, 0.1) is 0 Å². The van der Waals surface area contributed by atoms with Crippen LogP contribution in [-0.2, 0) is 4.74 Å². The average molecular weight is 487 g/mol. The van der Waals surface area contributed by atoms with Crippen LogP contribution < -0.4 is 10.9 Å². The molecular weight excluding hydrogens is 464 g/mol. The van der Waals surface area contributed by atoms with Gasteiger partial charge in [-0.05, 0) is 34.9 Å². The Morgan fingerprint density at radius 3 is 2.81 bits per heavy atom. The molecule has 5 rings (SSSR count). The van der Waals surface area contributed by atoms with Crippen molar-refractivity contribution in [3.05, 3.63) is 30.3 Å². The number of aromatic nitrogens is 5. The third-order valence-corrected chi connectivity index (χ3v) is 7.98. The minimum absolute atomic E-state index is 0.504. The van der Waals surface area contributed by atoms with E-state index in [9.17, 15) is 0 Å². The van der Waals surface area contributed by atoms with E-state index in [-0.39, 0.29) is 0 Å². The maximum absolute atomic E-state index is 6.19. The molecule has 0 atom stereocenters. The van der Waals surface area contributed by atoms with Gasteiger partial charge in [0.25, 0.3) is 0 Å². The lowest BCUT2D eigenvalue weighted by molar-refractivity contribution is 0.0410. The Kier molecular flexibility index (Phi) is 6.57. The summed E-state index contributed by atoms with van der Waals surface area (Å²) in [6, 6.07) is 10.3. The fraction of sp³-hybridized carbons (Fsp3) is 0.300. The molecule has 166 valence electrons. The van der Waals surface area contributed by atoms with E-state index in [4.69, 9.17) is 15.6 Å². The highest BCUT2D eigenvalue weighted by Crippen LogP contribution is 2.44. The highest BCUT2D eigenvalue weighted by atomic mass is 32.2. The monoisotopic (exact) mass is 486 g/mol. The first kappa shape index (κ1) is 21.6. The van der Waals surface area contributed by atoms with Crippen molar-refractivity contribution in [1.29, 1.82) is 0 Å². The van der Waals surface area contributed by atoms with Crippen LogP contribution in [0.5, 0.6) is 0 Å². The first-order valence-electron chi connectivity index (χ1n) is 10.1. The summed E-state index contributed by atoms with van der Waals surface area (Å²) in [6.07, 6.45) is 0. The summed E-state index contributed by atoms with van der Waals surface area (Å²) in [4.78, 5) is 9.01. The standard InChI is InChI=1S/C20H22N8OS3/c21-20-23-17-13(2-1-3-14(17)31-20)12-4-5-15(30-11-8-28-6-9-29-10-7-28)18(32-22)16(12)19-24-26-27-25-19/h1-5H,6-11,22H2,(H2,21,23)(H,24,25,26,27). The quantitative estimate of drug-likeness (QED) is 0.264. The van der Waals surface area contributed by atoms with Crippen molar-refractivity contribution in [3.63, 3.8) is 0 Å². The molecule has 0 bridgehead atoms. The van der Waals surface area contributed by atoms with Crippen LogP contribution in [0.1, 0.15) is 0 Å². The number of H-pyrrole nitrogens is 1. The molecule has 9 nitrogen and oxygen atoms in total. The summed E-state index contributed by atoms with van der Waals surface area (Å²) in [5.74, 6) is 1.46. The van der Waals surface area contributed by atoms with Crippen molar-refractivity contribution in [2.45, 2.75) is 9.79 Å². The van der Waals surface area contributed by atoms with Gasteiger partial charge in [0.2, 0.25) is 5.82 Å². The molecule has 0 spiro atoms. The van der Waals surface area contributed by atoms with Gasteiger partial charge in [-0.3, -0.25) is 10.0 Å². The van der Waals surface area contributed by atoms with Gasteiger partial charge in [-0.2, -0.15) is 5.21 Å². The predicted octanol–water partition coefficient (Wildman–Crippen LogP) is 3.12. The van der Waals surface area contributed by atoms with E-state index in [0.717, 1.165) is 75.3 Å². The average Bonchev–Trinajstić information content (AvgIpc) is 3.48. The lowest BCUT2D eigenvalue weighted by Gasteiger charge is -2.26. The number of benzene rings is 2. The van der Waals surface area contributed by atoms with E-state index >= 15 is 0 Å². The molecule has 1 aliphatic heterocycles. The molecule has 32 heavy (non-hydrogen) atoms. The number of nitrogens with two attached hydrogens (primary N) is 2. The molecule has 1 saturated heterocycles. The Bertz CT molecular complexity index is 1210. The maximum Gasteiger partial charge on any atom is 0.206 e. The molecule has 0 radical (unpaired) electrons. The van der Waals surface area contributed by atoms with Gasteiger partial charge < -0.3 is 10.5 Å². The molecule has 4 aromatic rings. The van der Waals surface area contributed by atoms with Crippen LogP contribution in [0.25, 0.3) is 32.7 Å². The van der Waals surface area contributed by atoms with Gasteiger partial charge in [0.15, 0.2) is 5.13 Å². The zero-order chi connectivity index (χ0) is 21.9. The van der Waals surface area contributed by atoms with Crippen LogP contribution in [0.3, 0.4) is 0 Å². The number of rotatable bonds is 7. The highest BCUT2D eigenvalue weighted by Gasteiger charge is 2.22. The van der Waals surface area contributed by atoms with Gasteiger partial charge in [0, 0.05) is 46.3 Å². The molecule has 0 aliphatic carbocycles. The van der Waals surface area contributed by atoms with E-state index in [1.54, 1.807) is 11.8 Å². The third kappa shape index (κ3) is 4.34. The Morgan fingerprint density at radius 1 is 1.16 bits per heavy atom. The number of tetrazole rings is 1. The first-order valence-corrected chi connectivity index (χ1v) is 12.8. The number of para-hydroxylation sites is 1. The predicted molar refractivity (Wildman–Crippen MR) is 131 cm³/mol. The number of nitrogens with zero attached hydrogens (tertiary/aromatic N) is 5. The number of aromatic amines is 1. The molecule has 2 aromatic heterocycles. The third-order valence-electron chi connectivity index (χ3n) is 5.30. The summed E-state index contributed by atoms with van der Waals surface area (Å²) in [5, 5.41) is 21.6. The molecule has 0 unspecified atom stereocenters. The second-order valence-corrected chi connectivity index (χ2v) is 10.0. The number of thiazole rings is 1. The van der Waals surface area contributed by atoms with E-state index in [1.807, 2.05) is 18.2 Å². The molecule has 5 N–H and O–H groups in total. The SMILES string of the molecule is NSc1c(SCCN2CCOCC2)ccc(-c2cccc3sc(N)nc23)c1-c1nn[nH]n1. The van der Waals surface area contributed by atoms with Crippen molar-refractivity contribution in [3.8, 4) is 22.5 Å². The molecule has 0 amide bonds. The summed E-state index contributed by atoms with van der Waals surface area (Å²) in [7, 11) is 0. The number of fused-ring (bicyclic) bond motifs is 1. The summed E-state index contributed by atoms with van der Waals surface area (Å²) < 4.78 is 6.47. The second kappa shape index (κ2) is 9.73. The smallest absolute Gasteiger partial charge is 0.206 e. The van der Waals surface area contributed by atoms with Gasteiger partial charge in [-0.15, -0.1) is 22.0 Å². The molecular formula is C20H22N8OS3. The van der Waals surface area contributed by atoms with Gasteiger partial charge in [0.1, 0.15) is 0 Å². The zero-order valence-corrected chi connectivity index (χ0v) is 19.6. The lowest BCUT2D eigenvalue weighted by Crippen LogP contribution is -2.37. The highest BCUT2D eigenvalue weighted by molar-refractivity contribution is 8.01. The van der Waals surface area contributed by atoms with Gasteiger partial charge in [-0.1, -0.05) is 29.5 Å². The topological polar surface area (TPSA) is 132 Å². The Labute approximate surface area is 197 Å². The number of nitrogen functional groups attached to an aromatic ring is 1. The number of morpholine rings is 1. The van der Waals surface area contributed by atoms with Crippen molar-refractivity contribution in [1.82, 2.24) is 30.5 Å². The minimum atomic E-state index is 0.504. The molecule has 12 heteroatoms. The van der Waals surface area contributed by atoms with E-state index in [1.165, 1.54) is 23.3 Å². The van der Waals surface area contributed by atoms with Crippen molar-refractivity contribution < 1.29 is 4.74 Å². The fourth-order valence-electron chi connectivity index (χ4n) is 3.80. The zero-order valence-electron chi connectivity index (χ0n) is 17.2. The summed E-state index contributed by atoms with van der Waals surface area (Å²) in [5.41, 5.74) is 9.63. The molecule has 2 aromatic carbocycles. The molecule has 1 fully saturated rings. The fourth-order valence-corrected chi connectivity index (χ4v) is 6.35. The minimum Gasteiger partial charge on any atom is -0.379 e. The second-order valence-electron chi connectivity index (χ2n) is 7.18. The van der Waals surface area contributed by atoms with Gasteiger partial charge >= 0.3 is 0 Å². The van der Waals surface area contributed by atoms with E-state index < -0.39 is 0 Å². The van der Waals surface area contributed by atoms with Crippen molar-refractivity contribution >= 4 is 50.4 Å². The Hall–Kier alpha value is -2.22. The van der Waals surface area contributed by atoms with Gasteiger partial charge in [0.05, 0.1) is 23.4 Å². The van der Waals surface area contributed by atoms with Crippen LogP contribution in [0.15, 0.2) is 40.1 Å². The van der Waals surface area contributed by atoms with Crippen LogP contribution in [0.2, 0.25) is 0 Å². The number of hydrogen-bond acceptors (Lipinski definition) is 11. The normalized spacial score (nSPS) is 14.9. The van der Waals surface area contributed by atoms with E-state index in [0.29, 0.717) is 11.0 Å². The molecule has 3 heterocycles.